The molecule has 0 aromatic heterocycles. The van der Waals surface area contributed by atoms with Gasteiger partial charge in [0.25, 0.3) is 0 Å². The fraction of sp³-hybridized carbons (Fsp3) is 1.00. The lowest BCUT2D eigenvalue weighted by atomic mass is 9.83. The molecule has 0 unspecified atom stereocenters. The first-order valence-electron chi connectivity index (χ1n) is 8.67. The van der Waals surface area contributed by atoms with Crippen molar-refractivity contribution in [2.45, 2.75) is 95.6 Å². The summed E-state index contributed by atoms with van der Waals surface area (Å²) in [7, 11) is 0. The molecule has 19 heavy (non-hydrogen) atoms. The van der Waals surface area contributed by atoms with Gasteiger partial charge >= 0.3 is 0 Å². The number of rotatable bonds is 5. The number of hydrogen-bond acceptors (Lipinski definition) is 2. The molecule has 2 N–H and O–H groups in total. The molecule has 0 aliphatic heterocycles. The summed E-state index contributed by atoms with van der Waals surface area (Å²) in [6.07, 6.45) is 15.2. The molecule has 2 aliphatic rings. The number of hydrogen-bond donors (Lipinski definition) is 2. The molecule has 2 heteroatoms. The van der Waals surface area contributed by atoms with Crippen LogP contribution in [-0.4, -0.2) is 23.3 Å². The van der Waals surface area contributed by atoms with Crippen molar-refractivity contribution in [2.75, 3.05) is 6.54 Å². The van der Waals surface area contributed by atoms with Gasteiger partial charge in [-0.25, -0.2) is 0 Å². The second-order valence-electron chi connectivity index (χ2n) is 7.03. The molecule has 112 valence electrons. The molecular formula is C17H33NO. The van der Waals surface area contributed by atoms with Crippen molar-refractivity contribution in [3.8, 4) is 0 Å². The standard InChI is InChI=1S/C17H33NO/c1-2-7-15-8-10-16(11-9-15)18-14-17(19)12-5-3-4-6-13-17/h15-16,18-19H,2-14H2,1H3. The normalized spacial score (nSPS) is 31.9. The van der Waals surface area contributed by atoms with E-state index in [-0.39, 0.29) is 0 Å². The fourth-order valence-electron chi connectivity index (χ4n) is 3.96. The van der Waals surface area contributed by atoms with Crippen molar-refractivity contribution < 1.29 is 5.11 Å². The van der Waals surface area contributed by atoms with Gasteiger partial charge in [0.15, 0.2) is 0 Å². The summed E-state index contributed by atoms with van der Waals surface area (Å²) < 4.78 is 0. The lowest BCUT2D eigenvalue weighted by Gasteiger charge is -2.33. The van der Waals surface area contributed by atoms with Crippen molar-refractivity contribution in [2.24, 2.45) is 5.92 Å². The van der Waals surface area contributed by atoms with E-state index in [1.54, 1.807) is 0 Å². The molecule has 2 saturated carbocycles. The Morgan fingerprint density at radius 1 is 1.00 bits per heavy atom. The van der Waals surface area contributed by atoms with E-state index in [4.69, 9.17) is 0 Å². The number of aliphatic hydroxyl groups is 1. The molecule has 0 aromatic carbocycles. The third kappa shape index (κ3) is 5.07. The minimum atomic E-state index is -0.406. The van der Waals surface area contributed by atoms with E-state index in [0.29, 0.717) is 6.04 Å². The van der Waals surface area contributed by atoms with Crippen LogP contribution in [0.15, 0.2) is 0 Å². The predicted molar refractivity (Wildman–Crippen MR) is 81.3 cm³/mol. The molecule has 0 saturated heterocycles. The molecule has 2 rings (SSSR count). The quantitative estimate of drug-likeness (QED) is 0.737. The van der Waals surface area contributed by atoms with Gasteiger partial charge in [-0.2, -0.15) is 0 Å². The minimum Gasteiger partial charge on any atom is -0.389 e. The van der Waals surface area contributed by atoms with Crippen LogP contribution < -0.4 is 5.32 Å². The van der Waals surface area contributed by atoms with E-state index in [1.807, 2.05) is 0 Å². The van der Waals surface area contributed by atoms with E-state index in [0.717, 1.165) is 25.3 Å². The Balaban J connectivity index is 1.68. The average molecular weight is 267 g/mol. The molecule has 0 bridgehead atoms. The van der Waals surface area contributed by atoms with Crippen LogP contribution in [0, 0.1) is 5.92 Å². The highest BCUT2D eigenvalue weighted by Gasteiger charge is 2.29. The summed E-state index contributed by atoms with van der Waals surface area (Å²) in [4.78, 5) is 0. The molecule has 0 radical (unpaired) electrons. The average Bonchev–Trinajstić information content (AvgIpc) is 2.64. The lowest BCUT2D eigenvalue weighted by molar-refractivity contribution is 0.0209. The maximum absolute atomic E-state index is 10.7. The van der Waals surface area contributed by atoms with Gasteiger partial charge in [0.1, 0.15) is 0 Å². The minimum absolute atomic E-state index is 0.406. The summed E-state index contributed by atoms with van der Waals surface area (Å²) in [5, 5.41) is 14.3. The van der Waals surface area contributed by atoms with Gasteiger partial charge in [0.2, 0.25) is 0 Å². The SMILES string of the molecule is CCCC1CCC(NCC2(O)CCCCCC2)CC1. The van der Waals surface area contributed by atoms with Crippen LogP contribution >= 0.6 is 0 Å². The Labute approximate surface area is 119 Å². The van der Waals surface area contributed by atoms with Gasteiger partial charge in [-0.3, -0.25) is 0 Å². The van der Waals surface area contributed by atoms with Crippen LogP contribution in [0.25, 0.3) is 0 Å². The van der Waals surface area contributed by atoms with Gasteiger partial charge in [-0.1, -0.05) is 45.4 Å². The Bertz CT molecular complexity index is 238. The second-order valence-corrected chi connectivity index (χ2v) is 7.03. The fourth-order valence-corrected chi connectivity index (χ4v) is 3.96. The maximum atomic E-state index is 10.7. The molecule has 0 atom stereocenters. The zero-order valence-electron chi connectivity index (χ0n) is 12.8. The van der Waals surface area contributed by atoms with Gasteiger partial charge in [-0.15, -0.1) is 0 Å². The molecule has 0 amide bonds. The van der Waals surface area contributed by atoms with Crippen molar-refractivity contribution in [1.82, 2.24) is 5.32 Å². The third-order valence-corrected chi connectivity index (χ3v) is 5.30. The van der Waals surface area contributed by atoms with Crippen LogP contribution in [0.1, 0.15) is 84.0 Å². The van der Waals surface area contributed by atoms with Gasteiger partial charge in [0.05, 0.1) is 5.60 Å². The first-order valence-corrected chi connectivity index (χ1v) is 8.67. The molecule has 0 heterocycles. The Morgan fingerprint density at radius 3 is 2.21 bits per heavy atom. The van der Waals surface area contributed by atoms with Crippen LogP contribution in [0.3, 0.4) is 0 Å². The topological polar surface area (TPSA) is 32.3 Å². The summed E-state index contributed by atoms with van der Waals surface area (Å²) >= 11 is 0. The summed E-state index contributed by atoms with van der Waals surface area (Å²) in [5.41, 5.74) is -0.406. The van der Waals surface area contributed by atoms with Crippen LogP contribution in [0.4, 0.5) is 0 Å². The maximum Gasteiger partial charge on any atom is 0.0771 e. The first-order chi connectivity index (χ1) is 9.22. The Kier molecular flexibility index (Phi) is 6.15. The van der Waals surface area contributed by atoms with Gasteiger partial charge in [-0.05, 0) is 44.4 Å². The van der Waals surface area contributed by atoms with Gasteiger partial charge in [0, 0.05) is 12.6 Å². The zero-order chi connectivity index (χ0) is 13.6. The first kappa shape index (κ1) is 15.3. The smallest absolute Gasteiger partial charge is 0.0771 e. The molecular weight excluding hydrogens is 234 g/mol. The van der Waals surface area contributed by atoms with E-state index in [1.165, 1.54) is 64.2 Å². The van der Waals surface area contributed by atoms with E-state index < -0.39 is 5.60 Å². The largest absolute Gasteiger partial charge is 0.389 e. The van der Waals surface area contributed by atoms with Crippen molar-refractivity contribution in [3.63, 3.8) is 0 Å². The molecule has 0 spiro atoms. The van der Waals surface area contributed by atoms with Crippen LogP contribution in [0.2, 0.25) is 0 Å². The highest BCUT2D eigenvalue weighted by Crippen LogP contribution is 2.29. The Hall–Kier alpha value is -0.0800. The van der Waals surface area contributed by atoms with E-state index in [2.05, 4.69) is 12.2 Å². The van der Waals surface area contributed by atoms with Crippen LogP contribution in [0.5, 0.6) is 0 Å². The van der Waals surface area contributed by atoms with Crippen molar-refractivity contribution in [3.05, 3.63) is 0 Å². The Morgan fingerprint density at radius 2 is 1.63 bits per heavy atom. The second kappa shape index (κ2) is 7.64. The zero-order valence-corrected chi connectivity index (χ0v) is 12.8. The van der Waals surface area contributed by atoms with Gasteiger partial charge < -0.3 is 10.4 Å². The third-order valence-electron chi connectivity index (χ3n) is 5.30. The summed E-state index contributed by atoms with van der Waals surface area (Å²) in [6, 6.07) is 0.667. The van der Waals surface area contributed by atoms with E-state index >= 15 is 0 Å². The summed E-state index contributed by atoms with van der Waals surface area (Å²) in [5.74, 6) is 0.976. The highest BCUT2D eigenvalue weighted by molar-refractivity contribution is 4.86. The molecule has 2 fully saturated rings. The van der Waals surface area contributed by atoms with Crippen LogP contribution in [-0.2, 0) is 0 Å². The molecule has 2 aliphatic carbocycles. The lowest BCUT2D eigenvalue weighted by Crippen LogP contribution is -2.45. The molecule has 2 nitrogen and oxygen atoms in total. The number of nitrogens with one attached hydrogen (secondary N) is 1. The highest BCUT2D eigenvalue weighted by atomic mass is 16.3. The van der Waals surface area contributed by atoms with E-state index in [9.17, 15) is 5.11 Å². The van der Waals surface area contributed by atoms with Crippen molar-refractivity contribution >= 4 is 0 Å². The molecule has 0 aromatic rings. The predicted octanol–water partition coefficient (Wildman–Crippen LogP) is 4.02. The van der Waals surface area contributed by atoms with Crippen molar-refractivity contribution in [1.29, 1.82) is 0 Å². The monoisotopic (exact) mass is 267 g/mol. The summed E-state index contributed by atoms with van der Waals surface area (Å²) in [6.45, 7) is 3.13.